The lowest BCUT2D eigenvalue weighted by molar-refractivity contribution is 0.245. The molecule has 0 unspecified atom stereocenters. The van der Waals surface area contributed by atoms with Crippen LogP contribution in [-0.4, -0.2) is 16.6 Å². The van der Waals surface area contributed by atoms with E-state index in [9.17, 15) is 4.79 Å². The molecule has 0 fully saturated rings. The molecule has 1 aromatic carbocycles. The number of benzene rings is 1. The quantitative estimate of drug-likeness (QED) is 0.504. The standard InChI is InChI=1S/C21H19N3O2S2/c1-12(22-15-8-9-26-16-6-3-2-5-13(15)16)19-23-20(25)18-14(11-28-21(18)24-19)17-7-4-10-27-17/h2-7,10-12,15,22H,8-9H2,1H3,(H,23,24,25)/t12-,15-/m1/s1. The highest BCUT2D eigenvalue weighted by molar-refractivity contribution is 7.18. The lowest BCUT2D eigenvalue weighted by Gasteiger charge is -2.29. The van der Waals surface area contributed by atoms with Gasteiger partial charge in [-0.15, -0.1) is 22.7 Å². The minimum atomic E-state index is -0.0828. The van der Waals surface area contributed by atoms with Crippen LogP contribution in [0.25, 0.3) is 20.7 Å². The summed E-state index contributed by atoms with van der Waals surface area (Å²) < 4.78 is 5.75. The number of ether oxygens (including phenoxy) is 1. The molecule has 5 nitrogen and oxygen atoms in total. The highest BCUT2D eigenvalue weighted by Gasteiger charge is 2.24. The van der Waals surface area contributed by atoms with E-state index in [1.54, 1.807) is 11.3 Å². The number of aromatic nitrogens is 2. The SMILES string of the molecule is C[C@@H](N[C@@H]1CCOc2ccccc21)c1nc2scc(-c3cccs3)c2c(=O)[nH]1. The van der Waals surface area contributed by atoms with Gasteiger partial charge in [0.25, 0.3) is 5.56 Å². The second-order valence-electron chi connectivity index (χ2n) is 6.87. The molecule has 4 heterocycles. The Morgan fingerprint density at radius 2 is 2.14 bits per heavy atom. The van der Waals surface area contributed by atoms with Gasteiger partial charge in [-0.2, -0.15) is 0 Å². The summed E-state index contributed by atoms with van der Waals surface area (Å²) in [6.45, 7) is 2.72. The van der Waals surface area contributed by atoms with Gasteiger partial charge in [-0.3, -0.25) is 4.79 Å². The van der Waals surface area contributed by atoms with Crippen molar-refractivity contribution in [2.75, 3.05) is 6.61 Å². The second kappa shape index (κ2) is 7.16. The number of rotatable bonds is 4. The van der Waals surface area contributed by atoms with Crippen LogP contribution in [0.2, 0.25) is 0 Å². The first-order valence-electron chi connectivity index (χ1n) is 9.24. The summed E-state index contributed by atoms with van der Waals surface area (Å²) in [6, 6.07) is 12.2. The van der Waals surface area contributed by atoms with Gasteiger partial charge in [-0.25, -0.2) is 4.98 Å². The van der Waals surface area contributed by atoms with Gasteiger partial charge in [0.2, 0.25) is 0 Å². The molecule has 0 saturated carbocycles. The molecule has 142 valence electrons. The maximum Gasteiger partial charge on any atom is 0.260 e. The van der Waals surface area contributed by atoms with Gasteiger partial charge in [0.1, 0.15) is 16.4 Å². The number of para-hydroxylation sites is 1. The molecule has 7 heteroatoms. The summed E-state index contributed by atoms with van der Waals surface area (Å²) in [4.78, 5) is 22.5. The summed E-state index contributed by atoms with van der Waals surface area (Å²) in [5.41, 5.74) is 2.04. The highest BCUT2D eigenvalue weighted by Crippen LogP contribution is 2.35. The van der Waals surface area contributed by atoms with Crippen LogP contribution in [0.1, 0.15) is 36.8 Å². The number of nitrogens with zero attached hydrogens (tertiary/aromatic N) is 1. The van der Waals surface area contributed by atoms with Gasteiger partial charge >= 0.3 is 0 Å². The zero-order valence-corrected chi connectivity index (χ0v) is 16.9. The Bertz CT molecular complexity index is 1180. The van der Waals surface area contributed by atoms with E-state index < -0.39 is 0 Å². The summed E-state index contributed by atoms with van der Waals surface area (Å²) in [5.74, 6) is 1.59. The number of hydrogen-bond donors (Lipinski definition) is 2. The third-order valence-corrected chi connectivity index (χ3v) is 6.84. The molecule has 0 bridgehead atoms. The number of fused-ring (bicyclic) bond motifs is 2. The predicted octanol–water partition coefficient (Wildman–Crippen LogP) is 4.89. The van der Waals surface area contributed by atoms with Gasteiger partial charge in [-0.05, 0) is 24.4 Å². The Balaban J connectivity index is 1.46. The molecule has 0 aliphatic carbocycles. The monoisotopic (exact) mass is 409 g/mol. The highest BCUT2D eigenvalue weighted by atomic mass is 32.1. The van der Waals surface area contributed by atoms with Crippen molar-refractivity contribution in [2.24, 2.45) is 0 Å². The topological polar surface area (TPSA) is 67.0 Å². The van der Waals surface area contributed by atoms with Crippen molar-refractivity contribution in [2.45, 2.75) is 25.4 Å². The predicted molar refractivity (Wildman–Crippen MR) is 114 cm³/mol. The van der Waals surface area contributed by atoms with E-state index in [2.05, 4.69) is 16.4 Å². The van der Waals surface area contributed by atoms with Crippen molar-refractivity contribution in [1.82, 2.24) is 15.3 Å². The lowest BCUT2D eigenvalue weighted by Crippen LogP contribution is -2.31. The van der Waals surface area contributed by atoms with Crippen molar-refractivity contribution in [3.05, 3.63) is 68.9 Å². The summed E-state index contributed by atoms with van der Waals surface area (Å²) in [7, 11) is 0. The maximum atomic E-state index is 12.8. The van der Waals surface area contributed by atoms with E-state index in [1.165, 1.54) is 11.3 Å². The lowest BCUT2D eigenvalue weighted by atomic mass is 10.00. The van der Waals surface area contributed by atoms with Crippen molar-refractivity contribution in [3.63, 3.8) is 0 Å². The molecule has 2 atom stereocenters. The van der Waals surface area contributed by atoms with E-state index in [1.807, 2.05) is 48.0 Å². The first kappa shape index (κ1) is 17.6. The van der Waals surface area contributed by atoms with Gasteiger partial charge in [-0.1, -0.05) is 24.3 Å². The van der Waals surface area contributed by atoms with Crippen LogP contribution in [0.15, 0.2) is 52.0 Å². The van der Waals surface area contributed by atoms with Crippen molar-refractivity contribution >= 4 is 32.9 Å². The zero-order valence-electron chi connectivity index (χ0n) is 15.3. The second-order valence-corrected chi connectivity index (χ2v) is 8.68. The van der Waals surface area contributed by atoms with Crippen molar-refractivity contribution < 1.29 is 4.74 Å². The molecule has 28 heavy (non-hydrogen) atoms. The summed E-state index contributed by atoms with van der Waals surface area (Å²) >= 11 is 3.15. The Morgan fingerprint density at radius 3 is 3.00 bits per heavy atom. The molecule has 1 aliphatic heterocycles. The normalized spacial score (nSPS) is 17.2. The van der Waals surface area contributed by atoms with Crippen LogP contribution in [-0.2, 0) is 0 Å². The molecular formula is C21H19N3O2S2. The molecule has 1 aliphatic rings. The van der Waals surface area contributed by atoms with Crippen molar-refractivity contribution in [1.29, 1.82) is 0 Å². The fourth-order valence-corrected chi connectivity index (χ4v) is 5.45. The van der Waals surface area contributed by atoms with Crippen molar-refractivity contribution in [3.8, 4) is 16.2 Å². The van der Waals surface area contributed by atoms with Crippen LogP contribution in [0, 0.1) is 0 Å². The molecule has 4 aromatic rings. The van der Waals surface area contributed by atoms with E-state index in [0.29, 0.717) is 17.8 Å². The number of nitrogens with one attached hydrogen (secondary N) is 2. The first-order chi connectivity index (χ1) is 13.7. The first-order valence-corrected chi connectivity index (χ1v) is 11.0. The molecule has 0 amide bonds. The average molecular weight is 410 g/mol. The van der Waals surface area contributed by atoms with E-state index >= 15 is 0 Å². The molecule has 2 N–H and O–H groups in total. The van der Waals surface area contributed by atoms with Crippen LogP contribution in [0.3, 0.4) is 0 Å². The zero-order chi connectivity index (χ0) is 19.1. The number of H-pyrrole nitrogens is 1. The van der Waals surface area contributed by atoms with E-state index in [-0.39, 0.29) is 17.6 Å². The fourth-order valence-electron chi connectivity index (χ4n) is 3.68. The molecule has 0 spiro atoms. The molecule has 3 aromatic heterocycles. The number of thiophene rings is 2. The Labute approximate surface area is 170 Å². The largest absolute Gasteiger partial charge is 0.493 e. The van der Waals surface area contributed by atoms with Gasteiger partial charge in [0.05, 0.1) is 18.0 Å². The number of hydrogen-bond acceptors (Lipinski definition) is 6. The van der Waals surface area contributed by atoms with E-state index in [4.69, 9.17) is 9.72 Å². The number of aromatic amines is 1. The molecule has 0 saturated heterocycles. The van der Waals surface area contributed by atoms with Gasteiger partial charge in [0.15, 0.2) is 0 Å². The minimum absolute atomic E-state index is 0.0781. The summed E-state index contributed by atoms with van der Waals surface area (Å²) in [6.07, 6.45) is 0.884. The third kappa shape index (κ3) is 3.05. The minimum Gasteiger partial charge on any atom is -0.493 e. The fraction of sp³-hybridized carbons (Fsp3) is 0.238. The molecular weight excluding hydrogens is 390 g/mol. The van der Waals surface area contributed by atoms with Crippen LogP contribution < -0.4 is 15.6 Å². The van der Waals surface area contributed by atoms with Crippen LogP contribution in [0.5, 0.6) is 5.75 Å². The van der Waals surface area contributed by atoms with Crippen LogP contribution in [0.4, 0.5) is 0 Å². The Hall–Kier alpha value is -2.48. The molecule has 5 rings (SSSR count). The van der Waals surface area contributed by atoms with Crippen LogP contribution >= 0.6 is 22.7 Å². The Kier molecular flexibility index (Phi) is 4.50. The van der Waals surface area contributed by atoms with E-state index in [0.717, 1.165) is 33.0 Å². The maximum absolute atomic E-state index is 12.8. The third-order valence-electron chi connectivity index (χ3n) is 5.07. The van der Waals surface area contributed by atoms with Gasteiger partial charge < -0.3 is 15.0 Å². The van der Waals surface area contributed by atoms with Gasteiger partial charge in [0, 0.05) is 33.8 Å². The summed E-state index contributed by atoms with van der Waals surface area (Å²) in [5, 5.41) is 8.34. The smallest absolute Gasteiger partial charge is 0.260 e. The molecule has 0 radical (unpaired) electrons. The average Bonchev–Trinajstić information content (AvgIpc) is 3.38. The Morgan fingerprint density at radius 1 is 1.25 bits per heavy atom.